The Morgan fingerprint density at radius 1 is 1.53 bits per heavy atom. The van der Waals surface area contributed by atoms with Gasteiger partial charge in [0.2, 0.25) is 0 Å². The number of carbonyl (C=O) groups excluding carboxylic acids is 1. The van der Waals surface area contributed by atoms with Crippen LogP contribution in [0.5, 0.6) is 0 Å². The molecule has 1 aliphatic heterocycles. The molecule has 1 saturated heterocycles. The molecule has 0 radical (unpaired) electrons. The van der Waals surface area contributed by atoms with Gasteiger partial charge in [-0.05, 0) is 6.42 Å². The Balaban J connectivity index is 2.20. The van der Waals surface area contributed by atoms with E-state index in [2.05, 4.69) is 0 Å². The van der Waals surface area contributed by atoms with Crippen molar-refractivity contribution in [1.29, 1.82) is 0 Å². The third-order valence-corrected chi connectivity index (χ3v) is 2.39. The minimum atomic E-state index is -0.576. The Labute approximate surface area is 89.9 Å². The average molecular weight is 217 g/mol. The lowest BCUT2D eigenvalue weighted by Crippen LogP contribution is -2.37. The van der Waals surface area contributed by atoms with Crippen molar-refractivity contribution in [3.8, 4) is 0 Å². The normalized spacial score (nSPS) is 19.9. The van der Waals surface area contributed by atoms with Crippen molar-refractivity contribution >= 4 is 5.97 Å². The fourth-order valence-corrected chi connectivity index (χ4v) is 1.41. The molecule has 1 unspecified atom stereocenters. The number of nitrogens with two attached hydrogens (primary N) is 1. The molecule has 5 nitrogen and oxygen atoms in total. The summed E-state index contributed by atoms with van der Waals surface area (Å²) in [5.74, 6) is -0.334. The Kier molecular flexibility index (Phi) is 5.60. The first-order valence-corrected chi connectivity index (χ1v) is 5.26. The zero-order valence-corrected chi connectivity index (χ0v) is 9.11. The van der Waals surface area contributed by atoms with E-state index in [9.17, 15) is 4.79 Å². The molecule has 1 rings (SSSR count). The van der Waals surface area contributed by atoms with E-state index in [1.807, 2.05) is 0 Å². The topological polar surface area (TPSA) is 70.8 Å². The van der Waals surface area contributed by atoms with E-state index in [-0.39, 0.29) is 12.1 Å². The average Bonchev–Trinajstić information content (AvgIpc) is 2.27. The number of rotatable bonds is 5. The summed E-state index contributed by atoms with van der Waals surface area (Å²) < 4.78 is 15.3. The first-order valence-electron chi connectivity index (χ1n) is 5.26. The molecule has 0 spiro atoms. The Hall–Kier alpha value is -0.650. The van der Waals surface area contributed by atoms with E-state index < -0.39 is 6.04 Å². The maximum absolute atomic E-state index is 11.5. The highest BCUT2D eigenvalue weighted by Crippen LogP contribution is 2.11. The largest absolute Gasteiger partial charge is 0.461 e. The van der Waals surface area contributed by atoms with E-state index in [0.29, 0.717) is 26.2 Å². The van der Waals surface area contributed by atoms with Gasteiger partial charge in [-0.1, -0.05) is 0 Å². The van der Waals surface area contributed by atoms with Gasteiger partial charge in [0, 0.05) is 26.6 Å². The molecule has 1 heterocycles. The second-order valence-electron chi connectivity index (χ2n) is 3.64. The van der Waals surface area contributed by atoms with Crippen LogP contribution in [0.2, 0.25) is 0 Å². The quantitative estimate of drug-likeness (QED) is 0.660. The van der Waals surface area contributed by atoms with E-state index in [1.165, 1.54) is 0 Å². The van der Waals surface area contributed by atoms with Crippen LogP contribution in [0, 0.1) is 0 Å². The SMILES string of the molecule is COCCC(N)C(=O)OC1CCOCC1. The number of methoxy groups -OCH3 is 1. The molecule has 5 heteroatoms. The van der Waals surface area contributed by atoms with E-state index in [4.69, 9.17) is 19.9 Å². The second kappa shape index (κ2) is 6.76. The van der Waals surface area contributed by atoms with Crippen LogP contribution >= 0.6 is 0 Å². The smallest absolute Gasteiger partial charge is 0.323 e. The molecule has 0 bridgehead atoms. The molecule has 0 saturated carbocycles. The van der Waals surface area contributed by atoms with Crippen molar-refractivity contribution in [2.75, 3.05) is 26.9 Å². The number of hydrogen-bond donors (Lipinski definition) is 1. The van der Waals surface area contributed by atoms with Crippen LogP contribution in [0.15, 0.2) is 0 Å². The maximum atomic E-state index is 11.5. The maximum Gasteiger partial charge on any atom is 0.323 e. The van der Waals surface area contributed by atoms with Gasteiger partial charge in [-0.25, -0.2) is 0 Å². The summed E-state index contributed by atoms with van der Waals surface area (Å²) in [6.45, 7) is 1.79. The lowest BCUT2D eigenvalue weighted by molar-refractivity contribution is -0.155. The summed E-state index contributed by atoms with van der Waals surface area (Å²) in [6, 6.07) is -0.576. The van der Waals surface area contributed by atoms with Crippen LogP contribution in [0.3, 0.4) is 0 Å². The highest BCUT2D eigenvalue weighted by molar-refractivity contribution is 5.75. The zero-order valence-electron chi connectivity index (χ0n) is 9.11. The highest BCUT2D eigenvalue weighted by atomic mass is 16.6. The van der Waals surface area contributed by atoms with Gasteiger partial charge in [0.25, 0.3) is 0 Å². The van der Waals surface area contributed by atoms with Crippen molar-refractivity contribution in [2.45, 2.75) is 31.4 Å². The summed E-state index contributed by atoms with van der Waals surface area (Å²) in [7, 11) is 1.58. The molecular weight excluding hydrogens is 198 g/mol. The molecule has 1 fully saturated rings. The Morgan fingerprint density at radius 3 is 2.80 bits per heavy atom. The molecule has 1 aliphatic rings. The van der Waals surface area contributed by atoms with Crippen LogP contribution in [-0.2, 0) is 19.0 Å². The third kappa shape index (κ3) is 4.59. The first kappa shape index (κ1) is 12.4. The molecule has 15 heavy (non-hydrogen) atoms. The van der Waals surface area contributed by atoms with Crippen LogP contribution in [0.4, 0.5) is 0 Å². The standard InChI is InChI=1S/C10H19NO4/c1-13-5-4-9(11)10(12)15-8-2-6-14-7-3-8/h8-9H,2-7,11H2,1H3. The lowest BCUT2D eigenvalue weighted by Gasteiger charge is -2.23. The first-order chi connectivity index (χ1) is 7.24. The predicted molar refractivity (Wildman–Crippen MR) is 54.4 cm³/mol. The summed E-state index contributed by atoms with van der Waals surface area (Å²) in [5, 5.41) is 0. The fraction of sp³-hybridized carbons (Fsp3) is 0.900. The van der Waals surface area contributed by atoms with Crippen molar-refractivity contribution in [3.63, 3.8) is 0 Å². The van der Waals surface area contributed by atoms with Gasteiger partial charge in [0.1, 0.15) is 12.1 Å². The van der Waals surface area contributed by atoms with Gasteiger partial charge in [0.05, 0.1) is 13.2 Å². The highest BCUT2D eigenvalue weighted by Gasteiger charge is 2.21. The minimum Gasteiger partial charge on any atom is -0.461 e. The van der Waals surface area contributed by atoms with Gasteiger partial charge in [-0.15, -0.1) is 0 Å². The molecule has 1 atom stereocenters. The minimum absolute atomic E-state index is 0.0279. The van der Waals surface area contributed by atoms with Crippen LogP contribution < -0.4 is 5.73 Å². The number of ether oxygens (including phenoxy) is 3. The number of carbonyl (C=O) groups is 1. The van der Waals surface area contributed by atoms with Gasteiger partial charge in [0.15, 0.2) is 0 Å². The van der Waals surface area contributed by atoms with E-state index >= 15 is 0 Å². The van der Waals surface area contributed by atoms with Crippen molar-refractivity contribution in [2.24, 2.45) is 5.73 Å². The van der Waals surface area contributed by atoms with Gasteiger partial charge < -0.3 is 19.9 Å². The fourth-order valence-electron chi connectivity index (χ4n) is 1.41. The molecule has 0 aromatic rings. The Morgan fingerprint density at radius 2 is 2.20 bits per heavy atom. The van der Waals surface area contributed by atoms with E-state index in [1.54, 1.807) is 7.11 Å². The third-order valence-electron chi connectivity index (χ3n) is 2.39. The number of hydrogen-bond acceptors (Lipinski definition) is 5. The molecule has 0 amide bonds. The molecule has 88 valence electrons. The lowest BCUT2D eigenvalue weighted by atomic mass is 10.1. The van der Waals surface area contributed by atoms with Crippen molar-refractivity contribution in [1.82, 2.24) is 0 Å². The zero-order chi connectivity index (χ0) is 11.1. The molecular formula is C10H19NO4. The van der Waals surface area contributed by atoms with Gasteiger partial charge in [-0.2, -0.15) is 0 Å². The number of esters is 1. The molecule has 2 N–H and O–H groups in total. The monoisotopic (exact) mass is 217 g/mol. The van der Waals surface area contributed by atoms with Gasteiger partial charge in [-0.3, -0.25) is 4.79 Å². The van der Waals surface area contributed by atoms with Crippen molar-refractivity contribution in [3.05, 3.63) is 0 Å². The second-order valence-corrected chi connectivity index (χ2v) is 3.64. The van der Waals surface area contributed by atoms with Gasteiger partial charge >= 0.3 is 5.97 Å². The van der Waals surface area contributed by atoms with Crippen LogP contribution in [0.1, 0.15) is 19.3 Å². The predicted octanol–water partition coefficient (Wildman–Crippen LogP) is 0.0724. The van der Waals surface area contributed by atoms with Crippen molar-refractivity contribution < 1.29 is 19.0 Å². The summed E-state index contributed by atoms with van der Waals surface area (Å²) in [4.78, 5) is 11.5. The summed E-state index contributed by atoms with van der Waals surface area (Å²) in [6.07, 6.45) is 2.00. The summed E-state index contributed by atoms with van der Waals surface area (Å²) >= 11 is 0. The van der Waals surface area contributed by atoms with E-state index in [0.717, 1.165) is 12.8 Å². The Bertz CT molecular complexity index is 192. The molecule has 0 aromatic carbocycles. The van der Waals surface area contributed by atoms with Crippen LogP contribution in [-0.4, -0.2) is 45.0 Å². The molecule has 0 aliphatic carbocycles. The summed E-state index contributed by atoms with van der Waals surface area (Å²) in [5.41, 5.74) is 5.63. The van der Waals surface area contributed by atoms with Crippen LogP contribution in [0.25, 0.3) is 0 Å². The molecule has 0 aromatic heterocycles.